The molecule has 18 heavy (non-hydrogen) atoms. The molecule has 0 radical (unpaired) electrons. The minimum atomic E-state index is 0.359. The number of ether oxygens (including phenoxy) is 2. The van der Waals surface area contributed by atoms with Gasteiger partial charge in [0.1, 0.15) is 0 Å². The zero-order valence-electron chi connectivity index (χ0n) is 12.6. The van der Waals surface area contributed by atoms with E-state index in [-0.39, 0.29) is 0 Å². The van der Waals surface area contributed by atoms with E-state index in [1.165, 1.54) is 12.8 Å². The van der Waals surface area contributed by atoms with Crippen LogP contribution in [0.25, 0.3) is 0 Å². The fourth-order valence-corrected chi connectivity index (χ4v) is 2.56. The molecule has 1 saturated heterocycles. The molecule has 108 valence electrons. The van der Waals surface area contributed by atoms with Gasteiger partial charge in [0.05, 0.1) is 19.3 Å². The minimum Gasteiger partial charge on any atom is -0.381 e. The number of nitrogens with one attached hydrogen (secondary N) is 1. The Morgan fingerprint density at radius 3 is 2.67 bits per heavy atom. The van der Waals surface area contributed by atoms with E-state index < -0.39 is 0 Å². The topological polar surface area (TPSA) is 30.5 Å². The van der Waals surface area contributed by atoms with Gasteiger partial charge < -0.3 is 14.8 Å². The van der Waals surface area contributed by atoms with Crippen LogP contribution in [0.2, 0.25) is 0 Å². The van der Waals surface area contributed by atoms with E-state index in [0.29, 0.717) is 24.0 Å². The molecule has 1 N–H and O–H groups in total. The highest BCUT2D eigenvalue weighted by molar-refractivity contribution is 4.79. The van der Waals surface area contributed by atoms with Crippen molar-refractivity contribution >= 4 is 0 Å². The molecule has 0 aromatic heterocycles. The van der Waals surface area contributed by atoms with Gasteiger partial charge in [0.15, 0.2) is 0 Å². The fraction of sp³-hybridized carbons (Fsp3) is 1.00. The maximum atomic E-state index is 6.01. The predicted molar refractivity (Wildman–Crippen MR) is 75.9 cm³/mol. The molecule has 1 heterocycles. The van der Waals surface area contributed by atoms with Gasteiger partial charge in [-0.2, -0.15) is 0 Å². The van der Waals surface area contributed by atoms with Gasteiger partial charge in [-0.15, -0.1) is 0 Å². The third kappa shape index (κ3) is 6.17. The summed E-state index contributed by atoms with van der Waals surface area (Å²) < 4.78 is 11.5. The van der Waals surface area contributed by atoms with Crippen LogP contribution in [0.4, 0.5) is 0 Å². The number of hydrogen-bond acceptors (Lipinski definition) is 3. The van der Waals surface area contributed by atoms with Crippen molar-refractivity contribution in [1.82, 2.24) is 5.32 Å². The lowest BCUT2D eigenvalue weighted by atomic mass is 9.99. The summed E-state index contributed by atoms with van der Waals surface area (Å²) in [5.41, 5.74) is 0. The Balaban J connectivity index is 2.30. The number of rotatable bonds is 9. The van der Waals surface area contributed by atoms with Gasteiger partial charge >= 0.3 is 0 Å². The van der Waals surface area contributed by atoms with Crippen molar-refractivity contribution in [2.45, 2.75) is 59.1 Å². The molecule has 3 atom stereocenters. The SMILES string of the molecule is CCCNC(COC(C)CC(C)C)C1CCOC1. The minimum absolute atomic E-state index is 0.359. The summed E-state index contributed by atoms with van der Waals surface area (Å²) in [5.74, 6) is 1.33. The molecule has 1 aliphatic heterocycles. The summed E-state index contributed by atoms with van der Waals surface area (Å²) in [7, 11) is 0. The largest absolute Gasteiger partial charge is 0.381 e. The Bertz CT molecular complexity index is 203. The van der Waals surface area contributed by atoms with Crippen LogP contribution >= 0.6 is 0 Å². The molecule has 3 nitrogen and oxygen atoms in total. The average Bonchev–Trinajstić information content (AvgIpc) is 2.81. The van der Waals surface area contributed by atoms with Crippen molar-refractivity contribution in [2.75, 3.05) is 26.4 Å². The molecule has 3 unspecified atom stereocenters. The maximum Gasteiger partial charge on any atom is 0.0626 e. The van der Waals surface area contributed by atoms with Crippen molar-refractivity contribution in [3.63, 3.8) is 0 Å². The van der Waals surface area contributed by atoms with E-state index in [1.54, 1.807) is 0 Å². The van der Waals surface area contributed by atoms with Crippen LogP contribution in [0.3, 0.4) is 0 Å². The lowest BCUT2D eigenvalue weighted by Gasteiger charge is -2.26. The van der Waals surface area contributed by atoms with Crippen molar-refractivity contribution in [1.29, 1.82) is 0 Å². The Morgan fingerprint density at radius 1 is 1.33 bits per heavy atom. The highest BCUT2D eigenvalue weighted by atomic mass is 16.5. The van der Waals surface area contributed by atoms with Crippen LogP contribution in [0.15, 0.2) is 0 Å². The first kappa shape index (κ1) is 15.9. The van der Waals surface area contributed by atoms with Crippen molar-refractivity contribution in [3.8, 4) is 0 Å². The summed E-state index contributed by atoms with van der Waals surface area (Å²) >= 11 is 0. The van der Waals surface area contributed by atoms with E-state index in [0.717, 1.165) is 32.8 Å². The molecule has 0 aromatic rings. The van der Waals surface area contributed by atoms with E-state index in [1.807, 2.05) is 0 Å². The standard InChI is InChI=1S/C15H31NO2/c1-5-7-16-15(14-6-8-17-10-14)11-18-13(4)9-12(2)3/h12-16H,5-11H2,1-4H3. The quantitative estimate of drug-likeness (QED) is 0.689. The van der Waals surface area contributed by atoms with Gasteiger partial charge in [0.25, 0.3) is 0 Å². The summed E-state index contributed by atoms with van der Waals surface area (Å²) in [6, 6.07) is 0.460. The summed E-state index contributed by atoms with van der Waals surface area (Å²) in [6.45, 7) is 12.6. The molecule has 0 spiro atoms. The number of hydrogen-bond donors (Lipinski definition) is 1. The zero-order chi connectivity index (χ0) is 13.4. The first-order chi connectivity index (χ1) is 8.63. The Labute approximate surface area is 113 Å². The van der Waals surface area contributed by atoms with Crippen LogP contribution in [0.5, 0.6) is 0 Å². The van der Waals surface area contributed by atoms with E-state index in [9.17, 15) is 0 Å². The second-order valence-corrected chi connectivity index (χ2v) is 5.96. The molecule has 0 amide bonds. The summed E-state index contributed by atoms with van der Waals surface area (Å²) in [5, 5.41) is 3.62. The molecule has 3 heteroatoms. The van der Waals surface area contributed by atoms with Gasteiger partial charge in [-0.25, -0.2) is 0 Å². The summed E-state index contributed by atoms with van der Waals surface area (Å²) in [4.78, 5) is 0. The Morgan fingerprint density at radius 2 is 2.11 bits per heavy atom. The van der Waals surface area contributed by atoms with Gasteiger partial charge in [-0.05, 0) is 38.6 Å². The molecule has 1 rings (SSSR count). The maximum absolute atomic E-state index is 6.01. The second-order valence-electron chi connectivity index (χ2n) is 5.96. The van der Waals surface area contributed by atoms with Crippen LogP contribution in [-0.4, -0.2) is 38.5 Å². The Hall–Kier alpha value is -0.120. The first-order valence-electron chi connectivity index (χ1n) is 7.56. The molecular formula is C15H31NO2. The van der Waals surface area contributed by atoms with Crippen molar-refractivity contribution in [3.05, 3.63) is 0 Å². The molecule has 0 aromatic carbocycles. The monoisotopic (exact) mass is 257 g/mol. The molecular weight excluding hydrogens is 226 g/mol. The van der Waals surface area contributed by atoms with Crippen LogP contribution < -0.4 is 5.32 Å². The summed E-state index contributed by atoms with van der Waals surface area (Å²) in [6.07, 6.45) is 3.84. The first-order valence-corrected chi connectivity index (χ1v) is 7.56. The van der Waals surface area contributed by atoms with Crippen LogP contribution in [0, 0.1) is 11.8 Å². The predicted octanol–water partition coefficient (Wildman–Crippen LogP) is 2.84. The normalized spacial score (nSPS) is 23.5. The molecule has 1 aliphatic rings. The second kappa shape index (κ2) is 8.89. The van der Waals surface area contributed by atoms with Gasteiger partial charge in [-0.3, -0.25) is 0 Å². The Kier molecular flexibility index (Phi) is 7.87. The zero-order valence-corrected chi connectivity index (χ0v) is 12.6. The third-order valence-corrected chi connectivity index (χ3v) is 3.55. The fourth-order valence-electron chi connectivity index (χ4n) is 2.56. The van der Waals surface area contributed by atoms with Crippen LogP contribution in [-0.2, 0) is 9.47 Å². The highest BCUT2D eigenvalue weighted by Crippen LogP contribution is 2.18. The highest BCUT2D eigenvalue weighted by Gasteiger charge is 2.25. The average molecular weight is 257 g/mol. The molecule has 0 bridgehead atoms. The van der Waals surface area contributed by atoms with Gasteiger partial charge in [0, 0.05) is 18.6 Å². The van der Waals surface area contributed by atoms with E-state index >= 15 is 0 Å². The van der Waals surface area contributed by atoms with Crippen molar-refractivity contribution < 1.29 is 9.47 Å². The molecule has 1 fully saturated rings. The van der Waals surface area contributed by atoms with Gasteiger partial charge in [0.2, 0.25) is 0 Å². The lowest BCUT2D eigenvalue weighted by Crippen LogP contribution is -2.41. The van der Waals surface area contributed by atoms with E-state index in [2.05, 4.69) is 33.0 Å². The van der Waals surface area contributed by atoms with Crippen molar-refractivity contribution in [2.24, 2.45) is 11.8 Å². The molecule has 0 saturated carbocycles. The van der Waals surface area contributed by atoms with E-state index in [4.69, 9.17) is 9.47 Å². The smallest absolute Gasteiger partial charge is 0.0626 e. The molecule has 0 aliphatic carbocycles. The van der Waals surface area contributed by atoms with Gasteiger partial charge in [-0.1, -0.05) is 20.8 Å². The van der Waals surface area contributed by atoms with Crippen LogP contribution in [0.1, 0.15) is 47.0 Å². The lowest BCUT2D eigenvalue weighted by molar-refractivity contribution is 0.0251. The third-order valence-electron chi connectivity index (χ3n) is 3.55.